The van der Waals surface area contributed by atoms with Crippen LogP contribution in [0.3, 0.4) is 0 Å². The fraction of sp³-hybridized carbons (Fsp3) is 0.431. The van der Waals surface area contributed by atoms with Crippen molar-refractivity contribution >= 4 is 41.8 Å². The van der Waals surface area contributed by atoms with Crippen molar-refractivity contribution in [3.05, 3.63) is 162 Å². The van der Waals surface area contributed by atoms with Gasteiger partial charge < -0.3 is 56.8 Å². The van der Waals surface area contributed by atoms with E-state index in [0.717, 1.165) is 43.0 Å². The molecule has 448 valence electrons. The summed E-state index contributed by atoms with van der Waals surface area (Å²) >= 11 is 0. The van der Waals surface area contributed by atoms with Crippen LogP contribution in [0.4, 0.5) is 0 Å². The van der Waals surface area contributed by atoms with Crippen LogP contribution in [0, 0.1) is 83.1 Å². The molecule has 0 spiro atoms. The number of hydrogen-bond acceptors (Lipinski definition) is 19. The molecule has 0 unspecified atom stereocenters. The molecule has 0 radical (unpaired) electrons. The fourth-order valence-corrected chi connectivity index (χ4v) is 11.4. The van der Waals surface area contributed by atoms with E-state index in [1.54, 1.807) is 116 Å². The van der Waals surface area contributed by atoms with Crippen LogP contribution < -0.4 is 9.47 Å². The van der Waals surface area contributed by atoms with Gasteiger partial charge in [-0.1, -0.05) is 70.8 Å². The average Bonchev–Trinajstić information content (AvgIpc) is 1.49. The molecule has 0 amide bonds. The van der Waals surface area contributed by atoms with E-state index in [1.165, 1.54) is 7.11 Å². The van der Waals surface area contributed by atoms with Crippen molar-refractivity contribution < 1.29 is 90.4 Å². The number of hydrogen-bond donors (Lipinski definition) is 0. The molecule has 10 atom stereocenters. The van der Waals surface area contributed by atoms with E-state index in [0.29, 0.717) is 50.3 Å². The van der Waals surface area contributed by atoms with E-state index >= 15 is 14.4 Å². The molecule has 0 aromatic heterocycles. The maximum Gasteiger partial charge on any atom is 0.339 e. The van der Waals surface area contributed by atoms with E-state index in [-0.39, 0.29) is 28.0 Å². The lowest BCUT2D eigenvalue weighted by Crippen LogP contribution is -2.68. The lowest BCUT2D eigenvalue weighted by molar-refractivity contribution is -0.352. The van der Waals surface area contributed by atoms with Crippen molar-refractivity contribution in [3.63, 3.8) is 0 Å². The molecule has 2 saturated heterocycles. The first-order valence-corrected chi connectivity index (χ1v) is 27.5. The number of methoxy groups -OCH3 is 1. The first-order valence-electron chi connectivity index (χ1n) is 27.5. The van der Waals surface area contributed by atoms with Crippen LogP contribution in [-0.4, -0.2) is 124 Å². The van der Waals surface area contributed by atoms with Gasteiger partial charge in [0.1, 0.15) is 43.0 Å². The quantitative estimate of drug-likeness (QED) is 0.0587. The number of ether oxygens (including phenoxy) is 12. The summed E-state index contributed by atoms with van der Waals surface area (Å²) in [6.45, 7) is 23.3. The third-order valence-corrected chi connectivity index (χ3v) is 14.5. The monoisotopic (exact) mass is 1160 g/mol. The number of carbonyl (C=O) groups excluding carboxylic acids is 7. The summed E-state index contributed by atoms with van der Waals surface area (Å²) in [5.41, 5.74) is 8.41. The van der Waals surface area contributed by atoms with Gasteiger partial charge >= 0.3 is 41.8 Å². The Kier molecular flexibility index (Phi) is 20.4. The van der Waals surface area contributed by atoms with Gasteiger partial charge in [0, 0.05) is 20.8 Å². The minimum Gasteiger partial charge on any atom is -0.497 e. The minimum atomic E-state index is -2.04. The van der Waals surface area contributed by atoms with Crippen LogP contribution in [0.25, 0.3) is 0 Å². The molecule has 19 heteroatoms. The Balaban J connectivity index is 1.49. The maximum atomic E-state index is 15.2. The van der Waals surface area contributed by atoms with Crippen LogP contribution in [-0.2, 0) is 61.8 Å². The first kappa shape index (κ1) is 63.5. The van der Waals surface area contributed by atoms with Gasteiger partial charge in [-0.3, -0.25) is 14.4 Å². The van der Waals surface area contributed by atoms with Crippen LogP contribution in [0.15, 0.2) is 72.8 Å². The Morgan fingerprint density at radius 1 is 0.369 bits per heavy atom. The SMILES string of the molecule is COc1ccc(O[C@H]2O[C@H](COC(C)=O)[C@H](OC(C)=O)[C@H](O[C@@H]3O[C@H](COC(=O)c4c(C)cc(C)cc4C)[C@H](OC(=O)c4c(C)cc(C)cc4C)[C@H](OC(=O)c4c(C)cc(C)cc4C)[C@H]3OC(=O)c3c(C)cc(C)cc3C)[C@H]2OC(C)=O)cc1. The van der Waals surface area contributed by atoms with Crippen LogP contribution in [0.1, 0.15) is 129 Å². The Labute approximate surface area is 489 Å². The van der Waals surface area contributed by atoms with Gasteiger partial charge in [0.15, 0.2) is 36.8 Å². The van der Waals surface area contributed by atoms with E-state index < -0.39 is 116 Å². The van der Waals surface area contributed by atoms with Gasteiger partial charge in [-0.2, -0.15) is 0 Å². The minimum absolute atomic E-state index is 0.116. The zero-order chi connectivity index (χ0) is 61.6. The Bertz CT molecular complexity index is 3230. The molecular formula is C65H74O19. The molecule has 19 nitrogen and oxygen atoms in total. The van der Waals surface area contributed by atoms with E-state index in [4.69, 9.17) is 56.8 Å². The van der Waals surface area contributed by atoms with Crippen molar-refractivity contribution in [2.45, 2.75) is 165 Å². The summed E-state index contributed by atoms with van der Waals surface area (Å²) in [5.74, 6) is -5.50. The van der Waals surface area contributed by atoms with Crippen molar-refractivity contribution in [1.82, 2.24) is 0 Å². The van der Waals surface area contributed by atoms with Crippen molar-refractivity contribution in [2.24, 2.45) is 0 Å². The van der Waals surface area contributed by atoms with E-state index in [2.05, 4.69) is 0 Å². The predicted molar refractivity (Wildman–Crippen MR) is 304 cm³/mol. The lowest BCUT2D eigenvalue weighted by Gasteiger charge is -2.48. The molecular weight excluding hydrogens is 1080 g/mol. The van der Waals surface area contributed by atoms with Crippen molar-refractivity contribution in [2.75, 3.05) is 20.3 Å². The Morgan fingerprint density at radius 2 is 0.690 bits per heavy atom. The van der Waals surface area contributed by atoms with Gasteiger partial charge in [0.05, 0.1) is 29.4 Å². The molecule has 2 fully saturated rings. The zero-order valence-electron chi connectivity index (χ0n) is 50.4. The van der Waals surface area contributed by atoms with Gasteiger partial charge in [-0.15, -0.1) is 0 Å². The summed E-state index contributed by atoms with van der Waals surface area (Å²) in [7, 11) is 1.48. The summed E-state index contributed by atoms with van der Waals surface area (Å²) in [5, 5.41) is 0. The third-order valence-electron chi connectivity index (χ3n) is 14.5. The topological polar surface area (TPSA) is 230 Å². The predicted octanol–water partition coefficient (Wildman–Crippen LogP) is 9.57. The van der Waals surface area contributed by atoms with Crippen LogP contribution in [0.5, 0.6) is 11.5 Å². The average molecular weight is 1160 g/mol. The largest absolute Gasteiger partial charge is 0.497 e. The highest BCUT2D eigenvalue weighted by atomic mass is 16.8. The summed E-state index contributed by atoms with van der Waals surface area (Å²) in [6.07, 6.45) is -17.7. The molecule has 2 heterocycles. The van der Waals surface area contributed by atoms with Crippen LogP contribution >= 0.6 is 0 Å². The lowest BCUT2D eigenvalue weighted by atomic mass is 9.94. The molecule has 5 aromatic rings. The number of rotatable bonds is 18. The van der Waals surface area contributed by atoms with E-state index in [1.807, 2.05) is 39.8 Å². The standard InChI is InChI=1S/C65H74O19/c1-31-21-35(5)50(36(6)22-31)60(69)75-30-49-55(81-61(70)51-37(7)23-32(2)24-38(51)8)56(82-62(71)52-39(9)25-33(3)26-40(52)10)59(83-63(72)53-41(11)27-34(4)28-42(53)12)65(80-49)84-57-54(76-44(14)67)48(29-74-43(13)66)79-64(58(57)77-45(15)68)78-47-19-17-46(73-16)18-20-47/h17-28,48-49,54-59,64-65H,29-30H2,1-16H3/t48-,49-,54+,55+,56+,57+,58-,59-,64+,65+/m1/s1. The Morgan fingerprint density at radius 3 is 1.08 bits per heavy atom. The molecule has 0 aliphatic carbocycles. The number of esters is 7. The third kappa shape index (κ3) is 15.0. The molecule has 0 bridgehead atoms. The highest BCUT2D eigenvalue weighted by Crippen LogP contribution is 2.38. The highest BCUT2D eigenvalue weighted by molar-refractivity contribution is 5.95. The van der Waals surface area contributed by atoms with Crippen molar-refractivity contribution in [1.29, 1.82) is 0 Å². The second-order valence-corrected chi connectivity index (χ2v) is 21.7. The van der Waals surface area contributed by atoms with Crippen molar-refractivity contribution in [3.8, 4) is 11.5 Å². The summed E-state index contributed by atoms with van der Waals surface area (Å²) in [6, 6.07) is 20.6. The number of aryl methyl sites for hydroxylation is 12. The summed E-state index contributed by atoms with van der Waals surface area (Å²) < 4.78 is 75.3. The molecule has 7 rings (SSSR count). The molecule has 2 aliphatic rings. The molecule has 84 heavy (non-hydrogen) atoms. The number of benzene rings is 5. The second kappa shape index (κ2) is 27.1. The summed E-state index contributed by atoms with van der Waals surface area (Å²) in [4.78, 5) is 99.1. The smallest absolute Gasteiger partial charge is 0.339 e. The highest BCUT2D eigenvalue weighted by Gasteiger charge is 2.59. The van der Waals surface area contributed by atoms with Gasteiger partial charge in [0.2, 0.25) is 6.29 Å². The molecule has 5 aromatic carbocycles. The van der Waals surface area contributed by atoms with Crippen LogP contribution in [0.2, 0.25) is 0 Å². The molecule has 2 aliphatic heterocycles. The van der Waals surface area contributed by atoms with Gasteiger partial charge in [0.25, 0.3) is 0 Å². The maximum absolute atomic E-state index is 15.2. The second-order valence-electron chi connectivity index (χ2n) is 21.7. The molecule has 0 N–H and O–H groups in total. The van der Waals surface area contributed by atoms with Gasteiger partial charge in [-0.05, 0) is 152 Å². The van der Waals surface area contributed by atoms with E-state index in [9.17, 15) is 19.2 Å². The normalized spacial score (nSPS) is 22.0. The fourth-order valence-electron chi connectivity index (χ4n) is 11.4. The van der Waals surface area contributed by atoms with Gasteiger partial charge in [-0.25, -0.2) is 19.2 Å². The Hall–Kier alpha value is -8.13. The molecule has 0 saturated carbocycles. The number of carbonyl (C=O) groups is 7. The first-order chi connectivity index (χ1) is 39.6. The zero-order valence-corrected chi connectivity index (χ0v) is 50.4.